The molecular formula is C5H11ClF2N2. The molecule has 5 heteroatoms. The van der Waals surface area contributed by atoms with Gasteiger partial charge in [0.05, 0.1) is 6.04 Å². The summed E-state index contributed by atoms with van der Waals surface area (Å²) in [5.41, 5.74) is 5.21. The minimum absolute atomic E-state index is 0. The highest BCUT2D eigenvalue weighted by Crippen LogP contribution is 2.16. The third-order valence-corrected chi connectivity index (χ3v) is 1.53. The first kappa shape index (κ1) is 10.1. The highest BCUT2D eigenvalue weighted by molar-refractivity contribution is 5.85. The van der Waals surface area contributed by atoms with Gasteiger partial charge < -0.3 is 5.73 Å². The number of nitrogens with zero attached hydrogens (tertiary/aromatic N) is 1. The summed E-state index contributed by atoms with van der Waals surface area (Å²) in [6.45, 7) is 0.175. The van der Waals surface area contributed by atoms with Crippen LogP contribution >= 0.6 is 12.4 Å². The summed E-state index contributed by atoms with van der Waals surface area (Å²) >= 11 is 0. The smallest absolute Gasteiger partial charge is 0.195 e. The molecule has 0 saturated carbocycles. The zero-order valence-corrected chi connectivity index (χ0v) is 6.28. The van der Waals surface area contributed by atoms with E-state index in [0.717, 1.165) is 0 Å². The maximum Gasteiger partial charge on any atom is 0.195 e. The van der Waals surface area contributed by atoms with Crippen LogP contribution in [0.5, 0.6) is 0 Å². The Hall–Kier alpha value is 0.0700. The number of hydrogen-bond acceptors (Lipinski definition) is 2. The zero-order chi connectivity index (χ0) is 6.85. The van der Waals surface area contributed by atoms with Crippen LogP contribution in [-0.2, 0) is 0 Å². The van der Waals surface area contributed by atoms with Crippen LogP contribution in [0.3, 0.4) is 0 Å². The standard InChI is InChI=1S/C5H10F2N2.ClH/c6-5-4(8)2-1-3-9(5)7;/h4-5H,1-3,8H2;1H. The van der Waals surface area contributed by atoms with Crippen molar-refractivity contribution in [2.75, 3.05) is 6.54 Å². The molecule has 0 radical (unpaired) electrons. The lowest BCUT2D eigenvalue weighted by atomic mass is 10.1. The summed E-state index contributed by atoms with van der Waals surface area (Å²) < 4.78 is 24.6. The van der Waals surface area contributed by atoms with Crippen LogP contribution < -0.4 is 5.73 Å². The van der Waals surface area contributed by atoms with E-state index in [1.807, 2.05) is 0 Å². The SMILES string of the molecule is Cl.NC1CCCN(F)C1F. The average molecular weight is 173 g/mol. The second-order valence-electron chi connectivity index (χ2n) is 2.30. The number of piperidine rings is 1. The van der Waals surface area contributed by atoms with Gasteiger partial charge in [-0.05, 0) is 12.8 Å². The minimum atomic E-state index is -1.58. The molecule has 0 aliphatic carbocycles. The first-order valence-electron chi connectivity index (χ1n) is 3.04. The van der Waals surface area contributed by atoms with Crippen molar-refractivity contribution >= 4 is 12.4 Å². The van der Waals surface area contributed by atoms with Gasteiger partial charge in [0.25, 0.3) is 0 Å². The van der Waals surface area contributed by atoms with Gasteiger partial charge in [0.1, 0.15) is 0 Å². The molecule has 2 nitrogen and oxygen atoms in total. The van der Waals surface area contributed by atoms with Gasteiger partial charge in [-0.15, -0.1) is 22.0 Å². The molecule has 1 rings (SSSR count). The summed E-state index contributed by atoms with van der Waals surface area (Å²) in [6, 6.07) is -0.635. The molecule has 0 aromatic rings. The van der Waals surface area contributed by atoms with Gasteiger partial charge in [-0.25, -0.2) is 4.39 Å². The highest BCUT2D eigenvalue weighted by Gasteiger charge is 2.28. The Morgan fingerprint density at radius 2 is 2.10 bits per heavy atom. The Labute approximate surface area is 64.7 Å². The predicted octanol–water partition coefficient (Wildman–Crippen LogP) is 1.01. The first-order valence-corrected chi connectivity index (χ1v) is 3.04. The molecule has 2 N–H and O–H groups in total. The second-order valence-corrected chi connectivity index (χ2v) is 2.30. The Bertz CT molecular complexity index is 93.6. The number of alkyl halides is 1. The van der Waals surface area contributed by atoms with Gasteiger partial charge in [-0.3, -0.25) is 0 Å². The molecule has 2 atom stereocenters. The van der Waals surface area contributed by atoms with Crippen molar-refractivity contribution in [1.29, 1.82) is 0 Å². The lowest BCUT2D eigenvalue weighted by Crippen LogP contribution is -2.45. The van der Waals surface area contributed by atoms with E-state index >= 15 is 0 Å². The van der Waals surface area contributed by atoms with Crippen molar-refractivity contribution in [2.45, 2.75) is 25.2 Å². The number of rotatable bonds is 0. The summed E-state index contributed by atoms with van der Waals surface area (Å²) in [6.07, 6.45) is -0.349. The van der Waals surface area contributed by atoms with E-state index in [2.05, 4.69) is 0 Å². The molecule has 0 aromatic heterocycles. The average Bonchev–Trinajstić information content (AvgIpc) is 1.83. The van der Waals surface area contributed by atoms with Crippen LogP contribution in [0.15, 0.2) is 0 Å². The number of halogens is 3. The van der Waals surface area contributed by atoms with Crippen molar-refractivity contribution < 1.29 is 8.87 Å². The van der Waals surface area contributed by atoms with E-state index in [9.17, 15) is 8.87 Å². The molecule has 0 spiro atoms. The van der Waals surface area contributed by atoms with Crippen molar-refractivity contribution in [3.8, 4) is 0 Å². The van der Waals surface area contributed by atoms with E-state index in [1.54, 1.807) is 0 Å². The van der Waals surface area contributed by atoms with Gasteiger partial charge >= 0.3 is 0 Å². The van der Waals surface area contributed by atoms with E-state index in [0.29, 0.717) is 12.8 Å². The topological polar surface area (TPSA) is 29.3 Å². The van der Waals surface area contributed by atoms with Gasteiger partial charge in [0, 0.05) is 6.54 Å². The van der Waals surface area contributed by atoms with Crippen LogP contribution in [0, 0.1) is 0 Å². The Morgan fingerprint density at radius 1 is 1.50 bits per heavy atom. The second kappa shape index (κ2) is 4.05. The first-order chi connectivity index (χ1) is 4.22. The minimum Gasteiger partial charge on any atom is -0.324 e. The van der Waals surface area contributed by atoms with Gasteiger partial charge in [-0.1, -0.05) is 0 Å². The van der Waals surface area contributed by atoms with Gasteiger partial charge in [0.15, 0.2) is 6.30 Å². The monoisotopic (exact) mass is 172 g/mol. The fourth-order valence-electron chi connectivity index (χ4n) is 0.947. The molecule has 0 amide bonds. The fraction of sp³-hybridized carbons (Fsp3) is 1.00. The highest BCUT2D eigenvalue weighted by atomic mass is 35.5. The Balaban J connectivity index is 0.000000810. The van der Waals surface area contributed by atoms with Gasteiger partial charge in [0.2, 0.25) is 0 Å². The Kier molecular flexibility index (Phi) is 4.08. The molecular weight excluding hydrogens is 162 g/mol. The van der Waals surface area contributed by atoms with Crippen molar-refractivity contribution in [2.24, 2.45) is 5.73 Å². The van der Waals surface area contributed by atoms with E-state index < -0.39 is 12.3 Å². The molecule has 2 unspecified atom stereocenters. The van der Waals surface area contributed by atoms with Crippen LogP contribution in [0.4, 0.5) is 8.87 Å². The van der Waals surface area contributed by atoms with E-state index in [4.69, 9.17) is 5.73 Å². The molecule has 0 bridgehead atoms. The quantitative estimate of drug-likeness (QED) is 0.437. The van der Waals surface area contributed by atoms with Crippen LogP contribution in [0.2, 0.25) is 0 Å². The van der Waals surface area contributed by atoms with Crippen LogP contribution in [-0.4, -0.2) is 24.0 Å². The molecule has 1 aliphatic rings. The number of nitrogens with two attached hydrogens (primary N) is 1. The van der Waals surface area contributed by atoms with Crippen LogP contribution in [0.25, 0.3) is 0 Å². The lowest BCUT2D eigenvalue weighted by molar-refractivity contribution is -0.109. The predicted molar refractivity (Wildman–Crippen MR) is 37.2 cm³/mol. The summed E-state index contributed by atoms with van der Waals surface area (Å²) in [5.74, 6) is 0. The fourth-order valence-corrected chi connectivity index (χ4v) is 0.947. The third-order valence-electron chi connectivity index (χ3n) is 1.53. The largest absolute Gasteiger partial charge is 0.324 e. The molecule has 1 aliphatic heterocycles. The van der Waals surface area contributed by atoms with Crippen LogP contribution in [0.1, 0.15) is 12.8 Å². The molecule has 10 heavy (non-hydrogen) atoms. The third kappa shape index (κ3) is 2.04. The van der Waals surface area contributed by atoms with Crippen molar-refractivity contribution in [1.82, 2.24) is 5.12 Å². The van der Waals surface area contributed by atoms with E-state index in [-0.39, 0.29) is 24.1 Å². The molecule has 62 valence electrons. The molecule has 1 saturated heterocycles. The van der Waals surface area contributed by atoms with Crippen molar-refractivity contribution in [3.05, 3.63) is 0 Å². The maximum absolute atomic E-state index is 12.4. The lowest BCUT2D eigenvalue weighted by Gasteiger charge is -2.27. The Morgan fingerprint density at radius 3 is 2.50 bits per heavy atom. The normalized spacial score (nSPS) is 35.1. The van der Waals surface area contributed by atoms with E-state index in [1.165, 1.54) is 0 Å². The molecule has 1 heterocycles. The molecule has 0 aromatic carbocycles. The summed E-state index contributed by atoms with van der Waals surface area (Å²) in [7, 11) is 0. The summed E-state index contributed by atoms with van der Waals surface area (Å²) in [4.78, 5) is 0. The molecule has 1 fully saturated rings. The number of hydrogen-bond donors (Lipinski definition) is 1. The van der Waals surface area contributed by atoms with Crippen molar-refractivity contribution in [3.63, 3.8) is 0 Å². The zero-order valence-electron chi connectivity index (χ0n) is 5.46. The maximum atomic E-state index is 12.4. The summed E-state index contributed by atoms with van der Waals surface area (Å²) in [5, 5.41) is 0.161. The van der Waals surface area contributed by atoms with Gasteiger partial charge in [-0.2, -0.15) is 0 Å².